The fraction of sp³-hybridized carbons (Fsp3) is 0.0667. The lowest BCUT2D eigenvalue weighted by atomic mass is 9.85. The first-order valence-electron chi connectivity index (χ1n) is 16.6. The third kappa shape index (κ3) is 4.48. The second-order valence-corrected chi connectivity index (χ2v) is 12.4. The van der Waals surface area contributed by atoms with E-state index in [1.807, 2.05) is 0 Å². The topological polar surface area (TPSA) is 15.3 Å². The molecule has 224 valence electrons. The Bertz CT molecular complexity index is 2360. The van der Waals surface area contributed by atoms with Crippen molar-refractivity contribution in [2.75, 3.05) is 10.2 Å². The number of nitrogens with one attached hydrogen (secondary N) is 1. The average molecular weight is 603 g/mol. The highest BCUT2D eigenvalue weighted by atomic mass is 15.3. The van der Waals surface area contributed by atoms with Crippen LogP contribution in [0.1, 0.15) is 13.3 Å². The summed E-state index contributed by atoms with van der Waals surface area (Å²) in [5, 5.41) is 11.3. The minimum Gasteiger partial charge on any atom is -0.363 e. The van der Waals surface area contributed by atoms with Crippen LogP contribution in [-0.2, 0) is 0 Å². The molecular weight excluding hydrogens is 569 g/mol. The Labute approximate surface area is 275 Å². The summed E-state index contributed by atoms with van der Waals surface area (Å²) in [4.78, 5) is 2.43. The molecule has 1 aliphatic rings. The molecule has 2 nitrogen and oxygen atoms in total. The van der Waals surface area contributed by atoms with Gasteiger partial charge in [-0.1, -0.05) is 146 Å². The normalized spacial score (nSPS) is 14.1. The summed E-state index contributed by atoms with van der Waals surface area (Å²) in [7, 11) is 0. The standard InChI is InChI=1S/C45H34N2/c1-2-43-46-41-20-9-10-21-42(41)47(43)34-28-26-33(27-29-34)45-39-17-7-5-15-37(39)44(38-16-6-8-18-40(38)45)32-24-22-31(23-25-32)36-19-11-13-30-12-3-4-14-35(30)36/h3-29,43,46H,2H2,1H3. The maximum Gasteiger partial charge on any atom is 0.104 e. The number of fused-ring (bicyclic) bond motifs is 4. The molecule has 1 N–H and O–H groups in total. The van der Waals surface area contributed by atoms with Gasteiger partial charge in [0.05, 0.1) is 11.4 Å². The fourth-order valence-electron chi connectivity index (χ4n) is 7.65. The molecule has 0 radical (unpaired) electrons. The van der Waals surface area contributed by atoms with Crippen LogP contribution in [-0.4, -0.2) is 6.17 Å². The number of hydrogen-bond acceptors (Lipinski definition) is 2. The summed E-state index contributed by atoms with van der Waals surface area (Å²) < 4.78 is 0. The zero-order chi connectivity index (χ0) is 31.3. The lowest BCUT2D eigenvalue weighted by Gasteiger charge is -2.26. The quantitative estimate of drug-likeness (QED) is 0.197. The molecule has 0 amide bonds. The predicted molar refractivity (Wildman–Crippen MR) is 202 cm³/mol. The maximum atomic E-state index is 3.70. The third-order valence-electron chi connectivity index (χ3n) is 9.82. The molecule has 1 aliphatic heterocycles. The Morgan fingerprint density at radius 2 is 0.957 bits per heavy atom. The smallest absolute Gasteiger partial charge is 0.104 e. The minimum absolute atomic E-state index is 0.242. The first-order valence-corrected chi connectivity index (χ1v) is 16.6. The van der Waals surface area contributed by atoms with Crippen LogP contribution >= 0.6 is 0 Å². The van der Waals surface area contributed by atoms with E-state index in [0.29, 0.717) is 0 Å². The minimum atomic E-state index is 0.242. The van der Waals surface area contributed by atoms with E-state index in [1.54, 1.807) is 0 Å². The molecule has 0 saturated heterocycles. The number of hydrogen-bond donors (Lipinski definition) is 1. The molecule has 1 heterocycles. The van der Waals surface area contributed by atoms with Crippen molar-refractivity contribution < 1.29 is 0 Å². The maximum absolute atomic E-state index is 3.70. The summed E-state index contributed by atoms with van der Waals surface area (Å²) in [6.07, 6.45) is 1.25. The number of benzene rings is 8. The first kappa shape index (κ1) is 27.5. The van der Waals surface area contributed by atoms with Gasteiger partial charge < -0.3 is 10.2 Å². The van der Waals surface area contributed by atoms with Crippen molar-refractivity contribution in [3.63, 3.8) is 0 Å². The molecule has 1 unspecified atom stereocenters. The molecule has 1 atom stereocenters. The highest BCUT2D eigenvalue weighted by Gasteiger charge is 2.28. The van der Waals surface area contributed by atoms with Gasteiger partial charge in [-0.05, 0) is 96.4 Å². The fourth-order valence-corrected chi connectivity index (χ4v) is 7.65. The Hall–Kier alpha value is -5.86. The van der Waals surface area contributed by atoms with Crippen molar-refractivity contribution in [2.24, 2.45) is 0 Å². The highest BCUT2D eigenvalue weighted by molar-refractivity contribution is 6.21. The van der Waals surface area contributed by atoms with E-state index in [1.165, 1.54) is 82.8 Å². The number of para-hydroxylation sites is 2. The lowest BCUT2D eigenvalue weighted by molar-refractivity contribution is 0.728. The summed E-state index contributed by atoms with van der Waals surface area (Å²) in [5.41, 5.74) is 11.2. The number of nitrogens with zero attached hydrogens (tertiary/aromatic N) is 1. The van der Waals surface area contributed by atoms with Crippen LogP contribution in [0.2, 0.25) is 0 Å². The van der Waals surface area contributed by atoms with E-state index in [4.69, 9.17) is 0 Å². The van der Waals surface area contributed by atoms with Gasteiger partial charge in [0, 0.05) is 5.69 Å². The molecular formula is C45H34N2. The van der Waals surface area contributed by atoms with Gasteiger partial charge >= 0.3 is 0 Å². The van der Waals surface area contributed by atoms with Crippen LogP contribution < -0.4 is 10.2 Å². The molecule has 9 rings (SSSR count). The molecule has 0 aromatic heterocycles. The Morgan fingerprint density at radius 3 is 1.57 bits per heavy atom. The Morgan fingerprint density at radius 1 is 0.468 bits per heavy atom. The van der Waals surface area contributed by atoms with Crippen LogP contribution in [0.4, 0.5) is 17.1 Å². The van der Waals surface area contributed by atoms with E-state index in [-0.39, 0.29) is 6.17 Å². The van der Waals surface area contributed by atoms with Crippen LogP contribution in [0.5, 0.6) is 0 Å². The van der Waals surface area contributed by atoms with Crippen molar-refractivity contribution in [3.05, 3.63) is 164 Å². The van der Waals surface area contributed by atoms with Crippen molar-refractivity contribution in [2.45, 2.75) is 19.5 Å². The molecule has 0 bridgehead atoms. The van der Waals surface area contributed by atoms with E-state index in [0.717, 1.165) is 6.42 Å². The monoisotopic (exact) mass is 602 g/mol. The lowest BCUT2D eigenvalue weighted by Crippen LogP contribution is -2.30. The molecule has 8 aromatic rings. The van der Waals surface area contributed by atoms with Crippen LogP contribution in [0.25, 0.3) is 65.7 Å². The second-order valence-electron chi connectivity index (χ2n) is 12.4. The molecule has 0 saturated carbocycles. The molecule has 8 aromatic carbocycles. The number of rotatable bonds is 5. The molecule has 2 heteroatoms. The van der Waals surface area contributed by atoms with Crippen molar-refractivity contribution in [1.29, 1.82) is 0 Å². The van der Waals surface area contributed by atoms with Crippen LogP contribution in [0.3, 0.4) is 0 Å². The van der Waals surface area contributed by atoms with Crippen molar-refractivity contribution in [3.8, 4) is 33.4 Å². The summed E-state index contributed by atoms with van der Waals surface area (Å²) in [6, 6.07) is 59.9. The van der Waals surface area contributed by atoms with E-state index in [2.05, 4.69) is 181 Å². The Kier molecular flexibility index (Phi) is 6.53. The average Bonchev–Trinajstić information content (AvgIpc) is 3.53. The van der Waals surface area contributed by atoms with Gasteiger partial charge in [0.15, 0.2) is 0 Å². The highest BCUT2D eigenvalue weighted by Crippen LogP contribution is 2.45. The van der Waals surface area contributed by atoms with Crippen molar-refractivity contribution in [1.82, 2.24) is 0 Å². The molecule has 0 fully saturated rings. The zero-order valence-electron chi connectivity index (χ0n) is 26.3. The van der Waals surface area contributed by atoms with Gasteiger partial charge in [-0.2, -0.15) is 0 Å². The van der Waals surface area contributed by atoms with Crippen LogP contribution in [0.15, 0.2) is 164 Å². The summed E-state index contributed by atoms with van der Waals surface area (Å²) >= 11 is 0. The summed E-state index contributed by atoms with van der Waals surface area (Å²) in [6.45, 7) is 2.24. The van der Waals surface area contributed by atoms with Gasteiger partial charge in [0.2, 0.25) is 0 Å². The van der Waals surface area contributed by atoms with Gasteiger partial charge in [0.25, 0.3) is 0 Å². The van der Waals surface area contributed by atoms with Crippen LogP contribution in [0, 0.1) is 0 Å². The second kappa shape index (κ2) is 11.2. The third-order valence-corrected chi connectivity index (χ3v) is 9.82. The predicted octanol–water partition coefficient (Wildman–Crippen LogP) is 12.4. The van der Waals surface area contributed by atoms with Gasteiger partial charge in [0.1, 0.15) is 6.17 Å². The van der Waals surface area contributed by atoms with E-state index in [9.17, 15) is 0 Å². The first-order chi connectivity index (χ1) is 23.3. The molecule has 0 spiro atoms. The van der Waals surface area contributed by atoms with Gasteiger partial charge in [-0.25, -0.2) is 0 Å². The zero-order valence-corrected chi connectivity index (χ0v) is 26.3. The largest absolute Gasteiger partial charge is 0.363 e. The van der Waals surface area contributed by atoms with Gasteiger partial charge in [-0.3, -0.25) is 0 Å². The molecule has 0 aliphatic carbocycles. The van der Waals surface area contributed by atoms with E-state index >= 15 is 0 Å². The van der Waals surface area contributed by atoms with E-state index < -0.39 is 0 Å². The number of anilines is 3. The van der Waals surface area contributed by atoms with Gasteiger partial charge in [-0.15, -0.1) is 0 Å². The molecule has 47 heavy (non-hydrogen) atoms. The Balaban J connectivity index is 1.17. The summed E-state index contributed by atoms with van der Waals surface area (Å²) in [5.74, 6) is 0. The SMILES string of the molecule is CCC1Nc2ccccc2N1c1ccc(-c2c3ccccc3c(-c3ccc(-c4cccc5ccccc45)cc3)c3ccccc23)cc1. The van der Waals surface area contributed by atoms with Crippen molar-refractivity contribution >= 4 is 49.4 Å².